The first-order chi connectivity index (χ1) is 6.86. The normalized spacial score (nSPS) is 30.2. The Hall–Kier alpha value is -0.200. The van der Waals surface area contributed by atoms with Gasteiger partial charge < -0.3 is 24.1 Å². The summed E-state index contributed by atoms with van der Waals surface area (Å²) in [6, 6.07) is 0. The van der Waals surface area contributed by atoms with E-state index in [1.165, 1.54) is 0 Å². The van der Waals surface area contributed by atoms with Crippen molar-refractivity contribution in [2.45, 2.75) is 12.2 Å². The summed E-state index contributed by atoms with van der Waals surface area (Å²) < 4.78 is 20.4. The fourth-order valence-corrected chi connectivity index (χ4v) is 1.35. The molecule has 2 aliphatic heterocycles. The highest BCUT2D eigenvalue weighted by atomic mass is 16.7. The van der Waals surface area contributed by atoms with Crippen LogP contribution in [0.3, 0.4) is 0 Å². The lowest BCUT2D eigenvalue weighted by atomic mass is 10.1. The van der Waals surface area contributed by atoms with Crippen LogP contribution in [0.1, 0.15) is 0 Å². The van der Waals surface area contributed by atoms with Crippen molar-refractivity contribution in [1.29, 1.82) is 0 Å². The van der Waals surface area contributed by atoms with Crippen LogP contribution in [0.25, 0.3) is 0 Å². The zero-order valence-electron chi connectivity index (χ0n) is 8.05. The second-order valence-electron chi connectivity index (χ2n) is 3.68. The molecular weight excluding hydrogens is 188 g/mol. The average molecular weight is 204 g/mol. The van der Waals surface area contributed by atoms with Gasteiger partial charge in [0.15, 0.2) is 0 Å². The third-order valence-corrected chi connectivity index (χ3v) is 2.37. The number of ether oxygens (including phenoxy) is 4. The first kappa shape index (κ1) is 10.3. The van der Waals surface area contributed by atoms with Crippen molar-refractivity contribution in [3.05, 3.63) is 0 Å². The number of hydrogen-bond donors (Lipinski definition) is 1. The largest absolute Gasteiger partial charge is 0.390 e. The molecular formula is C9H16O5. The minimum absolute atomic E-state index is 0.0314. The molecule has 1 N–H and O–H groups in total. The van der Waals surface area contributed by atoms with Crippen LogP contribution in [-0.4, -0.2) is 57.1 Å². The predicted octanol–water partition coefficient (Wildman–Crippen LogP) is -0.617. The number of aliphatic hydroxyl groups excluding tert-OH is 1. The van der Waals surface area contributed by atoms with E-state index in [0.717, 1.165) is 6.61 Å². The van der Waals surface area contributed by atoms with E-state index < -0.39 is 6.10 Å². The summed E-state index contributed by atoms with van der Waals surface area (Å²) >= 11 is 0. The highest BCUT2D eigenvalue weighted by molar-refractivity contribution is 4.71. The topological polar surface area (TPSA) is 60.5 Å². The molecule has 2 aliphatic rings. The highest BCUT2D eigenvalue weighted by Crippen LogP contribution is 2.12. The van der Waals surface area contributed by atoms with Gasteiger partial charge in [0, 0.05) is 5.92 Å². The number of hydrogen-bond acceptors (Lipinski definition) is 5. The van der Waals surface area contributed by atoms with Crippen LogP contribution in [0.5, 0.6) is 0 Å². The van der Waals surface area contributed by atoms with Crippen LogP contribution >= 0.6 is 0 Å². The first-order valence-electron chi connectivity index (χ1n) is 4.89. The van der Waals surface area contributed by atoms with Crippen LogP contribution in [0.4, 0.5) is 0 Å². The molecule has 2 saturated heterocycles. The zero-order chi connectivity index (χ0) is 9.80. The lowest BCUT2D eigenvalue weighted by Gasteiger charge is -2.26. The van der Waals surface area contributed by atoms with Gasteiger partial charge in [-0.2, -0.15) is 0 Å². The summed E-state index contributed by atoms with van der Waals surface area (Å²) in [5.41, 5.74) is 0. The Labute approximate surface area is 82.9 Å². The Morgan fingerprint density at radius 1 is 1.29 bits per heavy atom. The van der Waals surface area contributed by atoms with Crippen molar-refractivity contribution in [1.82, 2.24) is 0 Å². The summed E-state index contributed by atoms with van der Waals surface area (Å²) in [7, 11) is 0. The molecule has 0 saturated carbocycles. The summed E-state index contributed by atoms with van der Waals surface area (Å²) in [6.45, 7) is 3.11. The van der Waals surface area contributed by atoms with Crippen molar-refractivity contribution >= 4 is 0 Å². The van der Waals surface area contributed by atoms with Gasteiger partial charge in [0.05, 0.1) is 39.1 Å². The Morgan fingerprint density at radius 2 is 2.00 bits per heavy atom. The van der Waals surface area contributed by atoms with Crippen LogP contribution in [0.15, 0.2) is 0 Å². The SMILES string of the molecule is OC(COCC1CO1)C1COCOC1. The zero-order valence-corrected chi connectivity index (χ0v) is 8.05. The Bertz CT molecular complexity index is 165. The molecule has 0 aromatic rings. The fraction of sp³-hybridized carbons (Fsp3) is 1.00. The second kappa shape index (κ2) is 5.04. The maximum absolute atomic E-state index is 9.68. The molecule has 0 bridgehead atoms. The molecule has 2 atom stereocenters. The molecule has 0 aliphatic carbocycles. The van der Waals surface area contributed by atoms with Gasteiger partial charge in [-0.25, -0.2) is 0 Å². The van der Waals surface area contributed by atoms with Crippen molar-refractivity contribution < 1.29 is 24.1 Å². The van der Waals surface area contributed by atoms with Gasteiger partial charge >= 0.3 is 0 Å². The van der Waals surface area contributed by atoms with Crippen molar-refractivity contribution in [3.63, 3.8) is 0 Å². The second-order valence-corrected chi connectivity index (χ2v) is 3.68. The monoisotopic (exact) mass is 204 g/mol. The van der Waals surface area contributed by atoms with E-state index in [1.807, 2.05) is 0 Å². The van der Waals surface area contributed by atoms with Crippen LogP contribution < -0.4 is 0 Å². The summed E-state index contributed by atoms with van der Waals surface area (Å²) in [5.74, 6) is 0.0314. The van der Waals surface area contributed by atoms with Crippen molar-refractivity contribution in [3.8, 4) is 0 Å². The van der Waals surface area contributed by atoms with E-state index in [-0.39, 0.29) is 12.0 Å². The Kier molecular flexibility index (Phi) is 3.72. The van der Waals surface area contributed by atoms with E-state index >= 15 is 0 Å². The molecule has 2 heterocycles. The smallest absolute Gasteiger partial charge is 0.146 e. The third kappa shape index (κ3) is 3.18. The van der Waals surface area contributed by atoms with Gasteiger partial charge in [0.25, 0.3) is 0 Å². The lowest BCUT2D eigenvalue weighted by Crippen LogP contribution is -2.36. The van der Waals surface area contributed by atoms with Crippen molar-refractivity contribution in [2.24, 2.45) is 5.92 Å². The van der Waals surface area contributed by atoms with Crippen LogP contribution in [0.2, 0.25) is 0 Å². The van der Waals surface area contributed by atoms with Gasteiger partial charge in [0.1, 0.15) is 12.9 Å². The summed E-state index contributed by atoms with van der Waals surface area (Å²) in [4.78, 5) is 0. The average Bonchev–Trinajstić information content (AvgIpc) is 3.03. The minimum atomic E-state index is -0.506. The Morgan fingerprint density at radius 3 is 2.64 bits per heavy atom. The standard InChI is InChI=1S/C9H16O5/c10-9(5-11-3-8-4-14-8)7-1-12-6-13-2-7/h7-10H,1-6H2. The maximum Gasteiger partial charge on any atom is 0.146 e. The number of aliphatic hydroxyl groups is 1. The molecule has 2 unspecified atom stereocenters. The van der Waals surface area contributed by atoms with Gasteiger partial charge in [-0.3, -0.25) is 0 Å². The summed E-state index contributed by atoms with van der Waals surface area (Å²) in [6.07, 6.45) is -0.255. The van der Waals surface area contributed by atoms with E-state index in [9.17, 15) is 5.11 Å². The highest BCUT2D eigenvalue weighted by Gasteiger charge is 2.26. The molecule has 5 nitrogen and oxygen atoms in total. The molecule has 0 radical (unpaired) electrons. The molecule has 0 aromatic carbocycles. The Balaban J connectivity index is 1.57. The van der Waals surface area contributed by atoms with Crippen LogP contribution in [0, 0.1) is 5.92 Å². The predicted molar refractivity (Wildman–Crippen MR) is 46.8 cm³/mol. The molecule has 82 valence electrons. The molecule has 2 rings (SSSR count). The van der Waals surface area contributed by atoms with E-state index in [0.29, 0.717) is 33.2 Å². The maximum atomic E-state index is 9.68. The molecule has 2 fully saturated rings. The fourth-order valence-electron chi connectivity index (χ4n) is 1.35. The van der Waals surface area contributed by atoms with E-state index in [4.69, 9.17) is 18.9 Å². The molecule has 0 aromatic heterocycles. The lowest BCUT2D eigenvalue weighted by molar-refractivity contribution is -0.156. The number of epoxide rings is 1. The third-order valence-electron chi connectivity index (χ3n) is 2.37. The molecule has 5 heteroatoms. The van der Waals surface area contributed by atoms with Crippen LogP contribution in [-0.2, 0) is 18.9 Å². The number of rotatable bonds is 5. The first-order valence-corrected chi connectivity index (χ1v) is 4.89. The van der Waals surface area contributed by atoms with Gasteiger partial charge in [0.2, 0.25) is 0 Å². The van der Waals surface area contributed by atoms with Gasteiger partial charge in [-0.1, -0.05) is 0 Å². The molecule has 0 spiro atoms. The molecule has 14 heavy (non-hydrogen) atoms. The summed E-state index contributed by atoms with van der Waals surface area (Å²) in [5, 5.41) is 9.68. The van der Waals surface area contributed by atoms with Crippen molar-refractivity contribution in [2.75, 3.05) is 39.8 Å². The van der Waals surface area contributed by atoms with Gasteiger partial charge in [-0.15, -0.1) is 0 Å². The minimum Gasteiger partial charge on any atom is -0.390 e. The van der Waals surface area contributed by atoms with E-state index in [1.54, 1.807) is 0 Å². The quantitative estimate of drug-likeness (QED) is 0.605. The molecule has 0 amide bonds. The van der Waals surface area contributed by atoms with Gasteiger partial charge in [-0.05, 0) is 0 Å². The van der Waals surface area contributed by atoms with E-state index in [2.05, 4.69) is 0 Å².